The first-order chi connectivity index (χ1) is 8.36. The maximum absolute atomic E-state index is 8.81. The smallest absolute Gasteiger partial charge is 0.124 e. The van der Waals surface area contributed by atoms with Crippen LogP contribution in [0, 0.1) is 11.3 Å². The number of para-hydroxylation sites is 2. The summed E-state index contributed by atoms with van der Waals surface area (Å²) in [5.41, 5.74) is 2.05. The van der Waals surface area contributed by atoms with Gasteiger partial charge in [0.25, 0.3) is 0 Å². The van der Waals surface area contributed by atoms with E-state index in [9.17, 15) is 0 Å². The Hall–Kier alpha value is -1.86. The number of hydrogen-bond donors (Lipinski definition) is 0. The third kappa shape index (κ3) is 2.45. The number of aryl methyl sites for hydroxylation is 1. The van der Waals surface area contributed by atoms with Gasteiger partial charge in [0, 0.05) is 20.3 Å². The first-order valence-electron chi connectivity index (χ1n) is 5.67. The van der Waals surface area contributed by atoms with Crippen molar-refractivity contribution in [2.45, 2.75) is 19.4 Å². The number of nitrogens with zero attached hydrogens (tertiary/aromatic N) is 3. The average Bonchev–Trinajstić information content (AvgIpc) is 2.69. The minimum atomic E-state index is 0.349. The molecule has 0 aliphatic heterocycles. The Morgan fingerprint density at radius 1 is 1.41 bits per heavy atom. The van der Waals surface area contributed by atoms with E-state index in [2.05, 4.69) is 15.6 Å². The lowest BCUT2D eigenvalue weighted by Crippen LogP contribution is -2.05. The van der Waals surface area contributed by atoms with E-state index >= 15 is 0 Å². The molecule has 1 aromatic carbocycles. The molecular weight excluding hydrogens is 214 g/mol. The van der Waals surface area contributed by atoms with Crippen LogP contribution in [0.15, 0.2) is 24.3 Å². The van der Waals surface area contributed by atoms with E-state index in [1.807, 2.05) is 24.3 Å². The van der Waals surface area contributed by atoms with Gasteiger partial charge in [-0.3, -0.25) is 0 Å². The third-order valence-electron chi connectivity index (χ3n) is 2.70. The fraction of sp³-hybridized carbons (Fsp3) is 0.385. The molecule has 17 heavy (non-hydrogen) atoms. The van der Waals surface area contributed by atoms with Gasteiger partial charge in [0.1, 0.15) is 5.82 Å². The zero-order chi connectivity index (χ0) is 12.1. The highest BCUT2D eigenvalue weighted by Gasteiger charge is 2.09. The molecule has 4 heteroatoms. The maximum Gasteiger partial charge on any atom is 0.124 e. The molecule has 0 radical (unpaired) electrons. The van der Waals surface area contributed by atoms with Crippen molar-refractivity contribution in [2.24, 2.45) is 0 Å². The monoisotopic (exact) mass is 229 g/mol. The molecule has 2 aromatic rings. The van der Waals surface area contributed by atoms with Crippen molar-refractivity contribution in [3.8, 4) is 6.07 Å². The highest BCUT2D eigenvalue weighted by atomic mass is 16.5. The number of benzene rings is 1. The summed E-state index contributed by atoms with van der Waals surface area (Å²) in [5, 5.41) is 8.81. The Morgan fingerprint density at radius 3 is 3.00 bits per heavy atom. The van der Waals surface area contributed by atoms with Gasteiger partial charge in [0.05, 0.1) is 23.5 Å². The SMILES string of the molecule is COCCCn1c(CC#N)nc2ccccc21. The van der Waals surface area contributed by atoms with E-state index < -0.39 is 0 Å². The molecule has 0 atom stereocenters. The summed E-state index contributed by atoms with van der Waals surface area (Å²) in [7, 11) is 1.70. The Labute approximate surface area is 100 Å². The minimum Gasteiger partial charge on any atom is -0.385 e. The highest BCUT2D eigenvalue weighted by molar-refractivity contribution is 5.75. The first-order valence-corrected chi connectivity index (χ1v) is 5.67. The van der Waals surface area contributed by atoms with E-state index in [1.165, 1.54) is 0 Å². The van der Waals surface area contributed by atoms with Gasteiger partial charge < -0.3 is 9.30 Å². The van der Waals surface area contributed by atoms with Crippen LogP contribution in [0.2, 0.25) is 0 Å². The average molecular weight is 229 g/mol. The molecule has 4 nitrogen and oxygen atoms in total. The molecule has 88 valence electrons. The second-order valence-electron chi connectivity index (χ2n) is 3.85. The number of rotatable bonds is 5. The van der Waals surface area contributed by atoms with Gasteiger partial charge in [0.15, 0.2) is 0 Å². The molecule has 0 bridgehead atoms. The van der Waals surface area contributed by atoms with Crippen molar-refractivity contribution >= 4 is 11.0 Å². The van der Waals surface area contributed by atoms with Gasteiger partial charge in [-0.1, -0.05) is 12.1 Å². The van der Waals surface area contributed by atoms with Gasteiger partial charge in [0.2, 0.25) is 0 Å². The van der Waals surface area contributed by atoms with Gasteiger partial charge in [-0.15, -0.1) is 0 Å². The molecule has 0 unspecified atom stereocenters. The lowest BCUT2D eigenvalue weighted by Gasteiger charge is -2.06. The van der Waals surface area contributed by atoms with Crippen molar-refractivity contribution in [3.05, 3.63) is 30.1 Å². The fourth-order valence-electron chi connectivity index (χ4n) is 1.95. The molecule has 2 rings (SSSR count). The van der Waals surface area contributed by atoms with Crippen LogP contribution >= 0.6 is 0 Å². The number of hydrogen-bond acceptors (Lipinski definition) is 3. The van der Waals surface area contributed by atoms with E-state index in [-0.39, 0.29) is 0 Å². The summed E-state index contributed by atoms with van der Waals surface area (Å²) in [6, 6.07) is 10.1. The summed E-state index contributed by atoms with van der Waals surface area (Å²) in [6.45, 7) is 1.56. The summed E-state index contributed by atoms with van der Waals surface area (Å²) in [6.07, 6.45) is 1.27. The van der Waals surface area contributed by atoms with Crippen LogP contribution in [0.1, 0.15) is 12.2 Å². The lowest BCUT2D eigenvalue weighted by atomic mass is 10.3. The highest BCUT2D eigenvalue weighted by Crippen LogP contribution is 2.16. The van der Waals surface area contributed by atoms with Crippen molar-refractivity contribution in [2.75, 3.05) is 13.7 Å². The second kappa shape index (κ2) is 5.46. The van der Waals surface area contributed by atoms with E-state index in [1.54, 1.807) is 7.11 Å². The van der Waals surface area contributed by atoms with E-state index in [0.29, 0.717) is 6.42 Å². The molecule has 1 aromatic heterocycles. The molecule has 0 N–H and O–H groups in total. The zero-order valence-electron chi connectivity index (χ0n) is 9.89. The van der Waals surface area contributed by atoms with Crippen molar-refractivity contribution < 1.29 is 4.74 Å². The van der Waals surface area contributed by atoms with Crippen LogP contribution in [-0.2, 0) is 17.7 Å². The van der Waals surface area contributed by atoms with E-state index in [0.717, 1.165) is 36.4 Å². The number of fused-ring (bicyclic) bond motifs is 1. The van der Waals surface area contributed by atoms with Crippen LogP contribution in [0.3, 0.4) is 0 Å². The van der Waals surface area contributed by atoms with Crippen molar-refractivity contribution in [3.63, 3.8) is 0 Å². The number of nitriles is 1. The number of imidazole rings is 1. The Kier molecular flexibility index (Phi) is 3.73. The first kappa shape index (κ1) is 11.6. The minimum absolute atomic E-state index is 0.349. The Bertz CT molecular complexity index is 539. The predicted octanol–water partition coefficient (Wildman–Crippen LogP) is 2.14. The topological polar surface area (TPSA) is 50.8 Å². The Balaban J connectivity index is 2.34. The van der Waals surface area contributed by atoms with Crippen LogP contribution in [-0.4, -0.2) is 23.3 Å². The molecule has 0 saturated heterocycles. The van der Waals surface area contributed by atoms with Crippen molar-refractivity contribution in [1.29, 1.82) is 5.26 Å². The second-order valence-corrected chi connectivity index (χ2v) is 3.85. The fourth-order valence-corrected chi connectivity index (χ4v) is 1.95. The Morgan fingerprint density at radius 2 is 2.24 bits per heavy atom. The number of methoxy groups -OCH3 is 1. The van der Waals surface area contributed by atoms with Crippen LogP contribution in [0.25, 0.3) is 11.0 Å². The normalized spacial score (nSPS) is 10.6. The van der Waals surface area contributed by atoms with Gasteiger partial charge in [-0.05, 0) is 18.6 Å². The maximum atomic E-state index is 8.81. The largest absolute Gasteiger partial charge is 0.385 e. The van der Waals surface area contributed by atoms with Gasteiger partial charge in [-0.25, -0.2) is 4.98 Å². The van der Waals surface area contributed by atoms with E-state index in [4.69, 9.17) is 10.00 Å². The lowest BCUT2D eigenvalue weighted by molar-refractivity contribution is 0.190. The standard InChI is InChI=1S/C13H15N3O/c1-17-10-4-9-16-12-6-3-2-5-11(12)15-13(16)7-8-14/h2-3,5-6H,4,7,9-10H2,1H3. The molecule has 0 aliphatic carbocycles. The number of ether oxygens (including phenoxy) is 1. The van der Waals surface area contributed by atoms with Crippen LogP contribution in [0.4, 0.5) is 0 Å². The summed E-state index contributed by atoms with van der Waals surface area (Å²) >= 11 is 0. The van der Waals surface area contributed by atoms with Gasteiger partial charge in [-0.2, -0.15) is 5.26 Å². The summed E-state index contributed by atoms with van der Waals surface area (Å²) < 4.78 is 7.16. The molecule has 1 heterocycles. The van der Waals surface area contributed by atoms with Gasteiger partial charge >= 0.3 is 0 Å². The molecule has 0 fully saturated rings. The molecular formula is C13H15N3O. The molecule has 0 spiro atoms. The quantitative estimate of drug-likeness (QED) is 0.738. The predicted molar refractivity (Wildman–Crippen MR) is 65.5 cm³/mol. The molecule has 0 aliphatic rings. The number of aromatic nitrogens is 2. The molecule has 0 amide bonds. The van der Waals surface area contributed by atoms with Crippen LogP contribution < -0.4 is 0 Å². The summed E-state index contributed by atoms with van der Waals surface area (Å²) in [5.74, 6) is 0.838. The summed E-state index contributed by atoms with van der Waals surface area (Å²) in [4.78, 5) is 4.48. The molecule has 0 saturated carbocycles. The van der Waals surface area contributed by atoms with Crippen molar-refractivity contribution in [1.82, 2.24) is 9.55 Å². The zero-order valence-corrected chi connectivity index (χ0v) is 9.89. The third-order valence-corrected chi connectivity index (χ3v) is 2.70. The van der Waals surface area contributed by atoms with Crippen LogP contribution in [0.5, 0.6) is 0 Å².